The Morgan fingerprint density at radius 3 is 2.27 bits per heavy atom. The van der Waals surface area contributed by atoms with Gasteiger partial charge in [0.15, 0.2) is 0 Å². The van der Waals surface area contributed by atoms with Gasteiger partial charge in [0.05, 0.1) is 0 Å². The van der Waals surface area contributed by atoms with Crippen molar-refractivity contribution in [2.45, 2.75) is 26.4 Å². The smallest absolute Gasteiger partial charge is 0.0346 e. The third kappa shape index (κ3) is 3.73. The molecule has 1 aromatic carbocycles. The zero-order valence-corrected chi connectivity index (χ0v) is 13.6. The van der Waals surface area contributed by atoms with Crippen molar-refractivity contribution < 1.29 is 0 Å². The molecule has 1 saturated heterocycles. The van der Waals surface area contributed by atoms with E-state index in [0.29, 0.717) is 6.04 Å². The van der Waals surface area contributed by atoms with E-state index in [1.165, 1.54) is 42.9 Å². The van der Waals surface area contributed by atoms with Gasteiger partial charge in [-0.1, -0.05) is 30.3 Å². The van der Waals surface area contributed by atoms with Crippen LogP contribution in [0.25, 0.3) is 11.1 Å². The lowest BCUT2D eigenvalue weighted by Crippen LogP contribution is -2.48. The molecule has 3 nitrogen and oxygen atoms in total. The zero-order chi connectivity index (χ0) is 15.4. The highest BCUT2D eigenvalue weighted by Gasteiger charge is 2.18. The maximum Gasteiger partial charge on any atom is 0.0346 e. The van der Waals surface area contributed by atoms with Crippen LogP contribution in [0.15, 0.2) is 48.8 Å². The number of hydrogen-bond donors (Lipinski definition) is 0. The number of nitrogens with zero attached hydrogens (tertiary/aromatic N) is 3. The average molecular weight is 295 g/mol. The Bertz CT molecular complexity index is 569. The van der Waals surface area contributed by atoms with Crippen LogP contribution in [-0.4, -0.2) is 47.0 Å². The van der Waals surface area contributed by atoms with E-state index in [0.717, 1.165) is 6.54 Å². The molecule has 116 valence electrons. The van der Waals surface area contributed by atoms with Crippen molar-refractivity contribution in [3.63, 3.8) is 0 Å². The van der Waals surface area contributed by atoms with Gasteiger partial charge in [0.1, 0.15) is 0 Å². The number of pyridine rings is 1. The molecule has 0 aliphatic carbocycles. The van der Waals surface area contributed by atoms with Crippen molar-refractivity contribution in [3.05, 3.63) is 54.4 Å². The minimum absolute atomic E-state index is 0.668. The van der Waals surface area contributed by atoms with Gasteiger partial charge in [-0.05, 0) is 36.6 Å². The number of rotatable bonds is 4. The first-order valence-electron chi connectivity index (χ1n) is 8.18. The molecule has 22 heavy (non-hydrogen) atoms. The summed E-state index contributed by atoms with van der Waals surface area (Å²) >= 11 is 0. The van der Waals surface area contributed by atoms with Crippen LogP contribution in [0.2, 0.25) is 0 Å². The summed E-state index contributed by atoms with van der Waals surface area (Å²) in [7, 11) is 0. The maximum absolute atomic E-state index is 4.19. The van der Waals surface area contributed by atoms with E-state index in [1.807, 2.05) is 18.5 Å². The minimum Gasteiger partial charge on any atom is -0.298 e. The normalized spacial score (nSPS) is 17.0. The summed E-state index contributed by atoms with van der Waals surface area (Å²) in [5.74, 6) is 0. The molecule has 1 aliphatic rings. The summed E-state index contributed by atoms with van der Waals surface area (Å²) < 4.78 is 0. The van der Waals surface area contributed by atoms with E-state index in [1.54, 1.807) is 0 Å². The first-order chi connectivity index (χ1) is 10.7. The fourth-order valence-corrected chi connectivity index (χ4v) is 3.03. The Hall–Kier alpha value is -1.71. The van der Waals surface area contributed by atoms with Crippen molar-refractivity contribution in [1.29, 1.82) is 0 Å². The topological polar surface area (TPSA) is 19.4 Å². The van der Waals surface area contributed by atoms with Gasteiger partial charge in [0.2, 0.25) is 0 Å². The van der Waals surface area contributed by atoms with Gasteiger partial charge in [-0.15, -0.1) is 0 Å². The lowest BCUT2D eigenvalue weighted by atomic mass is 10.1. The van der Waals surface area contributed by atoms with Gasteiger partial charge in [0, 0.05) is 51.2 Å². The number of piperazine rings is 1. The fraction of sp³-hybridized carbons (Fsp3) is 0.421. The van der Waals surface area contributed by atoms with Crippen LogP contribution in [-0.2, 0) is 6.54 Å². The van der Waals surface area contributed by atoms with Crippen LogP contribution in [0.3, 0.4) is 0 Å². The average Bonchev–Trinajstić information content (AvgIpc) is 2.57. The molecule has 3 rings (SSSR count). The Morgan fingerprint density at radius 1 is 0.955 bits per heavy atom. The second-order valence-electron chi connectivity index (χ2n) is 6.34. The van der Waals surface area contributed by atoms with E-state index in [9.17, 15) is 0 Å². The third-order valence-corrected chi connectivity index (χ3v) is 4.49. The van der Waals surface area contributed by atoms with Crippen molar-refractivity contribution in [2.75, 3.05) is 26.2 Å². The highest BCUT2D eigenvalue weighted by molar-refractivity contribution is 5.62. The summed E-state index contributed by atoms with van der Waals surface area (Å²) in [6.45, 7) is 10.3. The molecule has 0 amide bonds. The van der Waals surface area contributed by atoms with Crippen molar-refractivity contribution >= 4 is 0 Å². The summed E-state index contributed by atoms with van der Waals surface area (Å²) in [5.41, 5.74) is 3.81. The number of benzene rings is 1. The van der Waals surface area contributed by atoms with E-state index in [-0.39, 0.29) is 0 Å². The lowest BCUT2D eigenvalue weighted by Gasteiger charge is -2.36. The predicted molar refractivity (Wildman–Crippen MR) is 91.7 cm³/mol. The van der Waals surface area contributed by atoms with Gasteiger partial charge < -0.3 is 0 Å². The molecule has 3 heteroatoms. The highest BCUT2D eigenvalue weighted by Crippen LogP contribution is 2.19. The molecule has 0 radical (unpaired) electrons. The Labute approximate surface area is 133 Å². The minimum atomic E-state index is 0.668. The Balaban J connectivity index is 1.58. The summed E-state index contributed by atoms with van der Waals surface area (Å²) in [6, 6.07) is 13.7. The third-order valence-electron chi connectivity index (χ3n) is 4.49. The fourth-order valence-electron chi connectivity index (χ4n) is 3.03. The summed E-state index contributed by atoms with van der Waals surface area (Å²) in [4.78, 5) is 9.30. The summed E-state index contributed by atoms with van der Waals surface area (Å²) in [6.07, 6.45) is 3.73. The second-order valence-corrected chi connectivity index (χ2v) is 6.34. The maximum atomic E-state index is 4.19. The first-order valence-corrected chi connectivity index (χ1v) is 8.18. The van der Waals surface area contributed by atoms with Gasteiger partial charge >= 0.3 is 0 Å². The molecule has 2 heterocycles. The van der Waals surface area contributed by atoms with Crippen LogP contribution in [0, 0.1) is 0 Å². The molecular formula is C19H25N3. The number of hydrogen-bond acceptors (Lipinski definition) is 3. The van der Waals surface area contributed by atoms with Gasteiger partial charge in [-0.2, -0.15) is 0 Å². The van der Waals surface area contributed by atoms with E-state index in [4.69, 9.17) is 0 Å². The van der Waals surface area contributed by atoms with Crippen molar-refractivity contribution in [2.24, 2.45) is 0 Å². The molecule has 0 atom stereocenters. The quantitative estimate of drug-likeness (QED) is 0.863. The van der Waals surface area contributed by atoms with Crippen LogP contribution in [0.1, 0.15) is 19.4 Å². The monoisotopic (exact) mass is 295 g/mol. The Morgan fingerprint density at radius 2 is 1.68 bits per heavy atom. The number of aromatic nitrogens is 1. The second kappa shape index (κ2) is 7.03. The summed E-state index contributed by atoms with van der Waals surface area (Å²) in [5, 5.41) is 0. The first kappa shape index (κ1) is 15.2. The van der Waals surface area contributed by atoms with Crippen LogP contribution < -0.4 is 0 Å². The molecule has 0 spiro atoms. The molecule has 2 aromatic rings. The van der Waals surface area contributed by atoms with E-state index in [2.05, 4.69) is 59.0 Å². The van der Waals surface area contributed by atoms with Gasteiger partial charge in [0.25, 0.3) is 0 Å². The van der Waals surface area contributed by atoms with E-state index < -0.39 is 0 Å². The van der Waals surface area contributed by atoms with E-state index >= 15 is 0 Å². The van der Waals surface area contributed by atoms with Crippen molar-refractivity contribution in [3.8, 4) is 11.1 Å². The van der Waals surface area contributed by atoms with Crippen molar-refractivity contribution in [1.82, 2.24) is 14.8 Å². The lowest BCUT2D eigenvalue weighted by molar-refractivity contribution is 0.104. The SMILES string of the molecule is CC(C)N1CCN(Cc2ccc(-c3cccnc3)cc2)CC1. The molecular weight excluding hydrogens is 270 g/mol. The molecule has 1 aliphatic heterocycles. The molecule has 0 saturated carbocycles. The van der Waals surface area contributed by atoms with Crippen LogP contribution >= 0.6 is 0 Å². The largest absolute Gasteiger partial charge is 0.298 e. The predicted octanol–water partition coefficient (Wildman–Crippen LogP) is 3.27. The highest BCUT2D eigenvalue weighted by atomic mass is 15.3. The van der Waals surface area contributed by atoms with Gasteiger partial charge in [-0.25, -0.2) is 0 Å². The molecule has 0 N–H and O–H groups in total. The molecule has 0 unspecified atom stereocenters. The van der Waals surface area contributed by atoms with Gasteiger partial charge in [-0.3, -0.25) is 14.8 Å². The van der Waals surface area contributed by atoms with Crippen LogP contribution in [0.4, 0.5) is 0 Å². The standard InChI is InChI=1S/C19H25N3/c1-16(2)22-12-10-21(11-13-22)15-17-5-7-18(8-6-17)19-4-3-9-20-14-19/h3-9,14,16H,10-13,15H2,1-2H3. The van der Waals surface area contributed by atoms with Crippen LogP contribution in [0.5, 0.6) is 0 Å². The molecule has 1 aromatic heterocycles. The zero-order valence-electron chi connectivity index (χ0n) is 13.6. The Kier molecular flexibility index (Phi) is 4.86. The molecule has 1 fully saturated rings. The molecule has 0 bridgehead atoms.